The van der Waals surface area contributed by atoms with Crippen molar-refractivity contribution in [3.63, 3.8) is 0 Å². The number of nitrogens with two attached hydrogens (primary N) is 1. The lowest BCUT2D eigenvalue weighted by Gasteiger charge is -2.61. The van der Waals surface area contributed by atoms with Gasteiger partial charge in [-0.1, -0.05) is 17.7 Å². The molecule has 3 amide bonds. The summed E-state index contributed by atoms with van der Waals surface area (Å²) in [6.07, 6.45) is 4.32. The number of nitrogens with zero attached hydrogens (tertiary/aromatic N) is 1. The molecule has 0 spiro atoms. The summed E-state index contributed by atoms with van der Waals surface area (Å²) in [7, 11) is 1.63. The highest BCUT2D eigenvalue weighted by atomic mass is 16.5. The molecule has 1 saturated carbocycles. The van der Waals surface area contributed by atoms with E-state index in [4.69, 9.17) is 10.5 Å². The molecule has 32 heavy (non-hydrogen) atoms. The van der Waals surface area contributed by atoms with Gasteiger partial charge < -0.3 is 15.6 Å². The van der Waals surface area contributed by atoms with Gasteiger partial charge in [-0.15, -0.1) is 0 Å². The van der Waals surface area contributed by atoms with Crippen molar-refractivity contribution in [3.05, 3.63) is 41.0 Å². The van der Waals surface area contributed by atoms with Crippen molar-refractivity contribution >= 4 is 11.9 Å². The Kier molecular flexibility index (Phi) is 7.00. The minimum Gasteiger partial charge on any atom is -0.497 e. The quantitative estimate of drug-likeness (QED) is 0.607. The van der Waals surface area contributed by atoms with Gasteiger partial charge in [0.05, 0.1) is 12.7 Å². The first kappa shape index (κ1) is 24.3. The van der Waals surface area contributed by atoms with E-state index < -0.39 is 23.0 Å². The van der Waals surface area contributed by atoms with E-state index in [-0.39, 0.29) is 11.9 Å². The van der Waals surface area contributed by atoms with Crippen LogP contribution in [0.25, 0.3) is 0 Å². The minimum atomic E-state index is -1.03. The van der Waals surface area contributed by atoms with E-state index in [2.05, 4.69) is 37.1 Å². The number of carbonyl (C=O) groups excluding carboxylic acids is 2. The molecule has 4 atom stereocenters. The van der Waals surface area contributed by atoms with Crippen molar-refractivity contribution in [2.45, 2.75) is 70.4 Å². The molecule has 1 aromatic carbocycles. The normalized spacial score (nSPS) is 30.2. The smallest absolute Gasteiger partial charge is 0.318 e. The van der Waals surface area contributed by atoms with Crippen molar-refractivity contribution in [1.82, 2.24) is 10.2 Å². The predicted octanol–water partition coefficient (Wildman–Crippen LogP) is 3.03. The van der Waals surface area contributed by atoms with E-state index in [1.165, 1.54) is 5.57 Å². The molecule has 1 aliphatic carbocycles. The summed E-state index contributed by atoms with van der Waals surface area (Å²) in [4.78, 5) is 26.4. The number of nitrogens with one attached hydrogen (secondary N) is 1. The zero-order valence-corrected chi connectivity index (χ0v) is 19.9. The fraction of sp³-hybridized carbons (Fsp3) is 0.600. The van der Waals surface area contributed by atoms with Gasteiger partial charge in [0, 0.05) is 23.9 Å². The molecule has 0 bridgehead atoms. The van der Waals surface area contributed by atoms with Gasteiger partial charge in [0.2, 0.25) is 5.91 Å². The number of likely N-dealkylation sites (tertiary alicyclic amines) is 1. The Hall–Kier alpha value is -2.38. The van der Waals surface area contributed by atoms with Crippen molar-refractivity contribution in [2.24, 2.45) is 11.7 Å². The highest BCUT2D eigenvalue weighted by Gasteiger charge is 2.61. The molecular formula is C25H37N3O4. The largest absolute Gasteiger partial charge is 0.497 e. The topological polar surface area (TPSA) is 105 Å². The SMILES string of the molecule is COc1ccc(C)c(C23CCN(CC=C(C)C)C(C)C2(O)CCC(C(=O)NC(N)=O)C3)c1. The zero-order chi connectivity index (χ0) is 23.7. The fourth-order valence-corrected chi connectivity index (χ4v) is 5.81. The van der Waals surface area contributed by atoms with Gasteiger partial charge in [0.15, 0.2) is 0 Å². The van der Waals surface area contributed by atoms with Gasteiger partial charge in [-0.3, -0.25) is 15.0 Å². The lowest BCUT2D eigenvalue weighted by molar-refractivity contribution is -0.165. The number of piperidine rings is 1. The lowest BCUT2D eigenvalue weighted by Crippen LogP contribution is -2.70. The van der Waals surface area contributed by atoms with Gasteiger partial charge >= 0.3 is 6.03 Å². The number of benzene rings is 1. The Bertz CT molecular complexity index is 910. The number of fused-ring (bicyclic) bond motifs is 1. The van der Waals surface area contributed by atoms with Crippen LogP contribution in [0.15, 0.2) is 29.8 Å². The van der Waals surface area contributed by atoms with Crippen molar-refractivity contribution in [2.75, 3.05) is 20.2 Å². The second-order valence-corrected chi connectivity index (χ2v) is 9.68. The third-order valence-electron chi connectivity index (χ3n) is 7.67. The summed E-state index contributed by atoms with van der Waals surface area (Å²) in [5.41, 5.74) is 6.88. The number of methoxy groups -OCH3 is 1. The van der Waals surface area contributed by atoms with Crippen LogP contribution < -0.4 is 15.8 Å². The van der Waals surface area contributed by atoms with Crippen LogP contribution in [-0.2, 0) is 10.2 Å². The number of allylic oxidation sites excluding steroid dienone is 1. The molecule has 1 aliphatic heterocycles. The highest BCUT2D eigenvalue weighted by molar-refractivity contribution is 5.94. The van der Waals surface area contributed by atoms with Crippen LogP contribution in [0.1, 0.15) is 57.6 Å². The molecule has 0 aromatic heterocycles. The van der Waals surface area contributed by atoms with Crippen molar-refractivity contribution in [1.29, 1.82) is 0 Å². The van der Waals surface area contributed by atoms with Crippen LogP contribution >= 0.6 is 0 Å². The van der Waals surface area contributed by atoms with E-state index in [9.17, 15) is 14.7 Å². The molecule has 3 rings (SSSR count). The Morgan fingerprint density at radius 3 is 2.69 bits per heavy atom. The van der Waals surface area contributed by atoms with E-state index >= 15 is 0 Å². The third kappa shape index (κ3) is 4.28. The van der Waals surface area contributed by atoms with Gasteiger partial charge in [0.25, 0.3) is 0 Å². The fourth-order valence-electron chi connectivity index (χ4n) is 5.81. The molecule has 7 heteroatoms. The Morgan fingerprint density at radius 1 is 1.34 bits per heavy atom. The summed E-state index contributed by atoms with van der Waals surface area (Å²) in [6.45, 7) is 9.87. The van der Waals surface area contributed by atoms with Crippen LogP contribution in [0.5, 0.6) is 5.75 Å². The van der Waals surface area contributed by atoms with E-state index in [0.717, 1.165) is 30.0 Å². The summed E-state index contributed by atoms with van der Waals surface area (Å²) in [5, 5.41) is 14.6. The monoisotopic (exact) mass is 443 g/mol. The number of aryl methyl sites for hydroxylation is 1. The van der Waals surface area contributed by atoms with Crippen LogP contribution in [-0.4, -0.2) is 53.8 Å². The third-order valence-corrected chi connectivity index (χ3v) is 7.67. The van der Waals surface area contributed by atoms with Gasteiger partial charge in [-0.25, -0.2) is 4.79 Å². The number of hydrogen-bond donors (Lipinski definition) is 3. The molecule has 2 fully saturated rings. The molecule has 0 radical (unpaired) electrons. The number of primary amides is 1. The van der Waals surface area contributed by atoms with Gasteiger partial charge in [-0.2, -0.15) is 0 Å². The molecule has 4 N–H and O–H groups in total. The van der Waals surface area contributed by atoms with Crippen LogP contribution in [0.2, 0.25) is 0 Å². The number of urea groups is 1. The standard InChI is InChI=1S/C25H37N3O4/c1-16(2)9-12-28-13-11-24(21-14-20(32-5)7-6-17(21)3)15-19(22(29)27-23(26)30)8-10-25(24,31)18(28)4/h6-7,9,14,18-19,31H,8,10-13,15H2,1-5H3,(H3,26,27,29,30). The first-order valence-corrected chi connectivity index (χ1v) is 11.4. The van der Waals surface area contributed by atoms with E-state index in [0.29, 0.717) is 25.7 Å². The molecular weight excluding hydrogens is 406 g/mol. The van der Waals surface area contributed by atoms with E-state index in [1.807, 2.05) is 25.1 Å². The zero-order valence-electron chi connectivity index (χ0n) is 19.9. The number of rotatable bonds is 5. The molecule has 2 aliphatic rings. The lowest BCUT2D eigenvalue weighted by atomic mass is 9.51. The maximum Gasteiger partial charge on any atom is 0.318 e. The average molecular weight is 444 g/mol. The van der Waals surface area contributed by atoms with Gasteiger partial charge in [-0.05, 0) is 83.2 Å². The number of aliphatic hydroxyl groups is 1. The van der Waals surface area contributed by atoms with Gasteiger partial charge in [0.1, 0.15) is 5.75 Å². The van der Waals surface area contributed by atoms with Crippen molar-refractivity contribution < 1.29 is 19.4 Å². The Morgan fingerprint density at radius 2 is 2.06 bits per heavy atom. The van der Waals surface area contributed by atoms with Crippen LogP contribution in [0.3, 0.4) is 0 Å². The van der Waals surface area contributed by atoms with E-state index in [1.54, 1.807) is 7.11 Å². The highest BCUT2D eigenvalue weighted by Crippen LogP contribution is 2.56. The summed E-state index contributed by atoms with van der Waals surface area (Å²) in [5.74, 6) is -0.0327. The second-order valence-electron chi connectivity index (χ2n) is 9.68. The number of amides is 3. The second kappa shape index (κ2) is 9.24. The molecule has 1 aromatic rings. The summed E-state index contributed by atoms with van der Waals surface area (Å²) < 4.78 is 5.51. The van der Waals surface area contributed by atoms with Crippen LogP contribution in [0, 0.1) is 12.8 Å². The first-order valence-electron chi connectivity index (χ1n) is 11.4. The maximum absolute atomic E-state index is 12.8. The molecule has 4 unspecified atom stereocenters. The predicted molar refractivity (Wildman–Crippen MR) is 125 cm³/mol. The Labute approximate surface area is 191 Å². The Balaban J connectivity index is 2.08. The maximum atomic E-state index is 12.8. The van der Waals surface area contributed by atoms with Crippen LogP contribution in [0.4, 0.5) is 4.79 Å². The summed E-state index contributed by atoms with van der Waals surface area (Å²) in [6, 6.07) is 5.00. The molecule has 1 heterocycles. The number of imide groups is 1. The summed E-state index contributed by atoms with van der Waals surface area (Å²) >= 11 is 0. The minimum absolute atomic E-state index is 0.0994. The molecule has 176 valence electrons. The molecule has 7 nitrogen and oxygen atoms in total. The van der Waals surface area contributed by atoms with Crippen molar-refractivity contribution in [3.8, 4) is 5.75 Å². The first-order chi connectivity index (χ1) is 15.0. The number of ether oxygens (including phenoxy) is 1. The number of hydrogen-bond acceptors (Lipinski definition) is 5. The molecule has 1 saturated heterocycles. The average Bonchev–Trinajstić information content (AvgIpc) is 2.73. The number of carbonyl (C=O) groups is 2.